The Morgan fingerprint density at radius 1 is 0.933 bits per heavy atom. The van der Waals surface area contributed by atoms with Crippen molar-refractivity contribution in [3.63, 3.8) is 0 Å². The van der Waals surface area contributed by atoms with Gasteiger partial charge in [0.25, 0.3) is 0 Å². The summed E-state index contributed by atoms with van der Waals surface area (Å²) in [6.07, 6.45) is 5.20. The predicted octanol–water partition coefficient (Wildman–Crippen LogP) is 4.01. The lowest BCUT2D eigenvalue weighted by molar-refractivity contribution is -0.152. The lowest BCUT2D eigenvalue weighted by Crippen LogP contribution is -2.65. The summed E-state index contributed by atoms with van der Waals surface area (Å²) < 4.78 is 5.97. The van der Waals surface area contributed by atoms with Crippen LogP contribution in [0.25, 0.3) is 0 Å². The highest BCUT2D eigenvalue weighted by molar-refractivity contribution is 5.78. The zero-order valence-corrected chi connectivity index (χ0v) is 17.7. The normalized spacial score (nSPS) is 28.8. The predicted molar refractivity (Wildman–Crippen MR) is 118 cm³/mol. The summed E-state index contributed by atoms with van der Waals surface area (Å²) in [6.45, 7) is 3.85. The van der Waals surface area contributed by atoms with Gasteiger partial charge in [0.2, 0.25) is 5.91 Å². The van der Waals surface area contributed by atoms with Gasteiger partial charge in [-0.3, -0.25) is 9.69 Å². The third-order valence-corrected chi connectivity index (χ3v) is 7.28. The quantitative estimate of drug-likeness (QED) is 0.729. The van der Waals surface area contributed by atoms with E-state index in [2.05, 4.69) is 40.1 Å². The minimum absolute atomic E-state index is 0.333. The summed E-state index contributed by atoms with van der Waals surface area (Å²) in [5, 5.41) is 0. The van der Waals surface area contributed by atoms with Gasteiger partial charge in [-0.25, -0.2) is 0 Å². The summed E-state index contributed by atoms with van der Waals surface area (Å²) in [7, 11) is 0. The lowest BCUT2D eigenvalue weighted by Gasteiger charge is -2.56. The van der Waals surface area contributed by atoms with Crippen LogP contribution in [0.15, 0.2) is 60.7 Å². The van der Waals surface area contributed by atoms with Gasteiger partial charge in [-0.05, 0) is 55.2 Å². The standard InChI is InChI=1S/C26H32N2O2/c29-26-13-7-12-24-21-17-22(25(28(24)26)16-20-8-3-1-4-9-20)19-27(18-21)14-15-30-23-10-5-2-6-11-23/h1-6,8-11,21-22,24-25H,7,12-19H2/t21-,22+,24+,25+/m1/s1. The molecule has 5 rings (SSSR count). The van der Waals surface area contributed by atoms with E-state index in [1.165, 1.54) is 18.4 Å². The molecule has 158 valence electrons. The molecule has 1 amide bonds. The Labute approximate surface area is 179 Å². The maximum absolute atomic E-state index is 13.0. The third kappa shape index (κ3) is 4.11. The highest BCUT2D eigenvalue weighted by atomic mass is 16.5. The van der Waals surface area contributed by atoms with Crippen molar-refractivity contribution in [1.82, 2.24) is 9.80 Å². The summed E-state index contributed by atoms with van der Waals surface area (Å²) in [5.74, 6) is 2.50. The molecule has 2 aromatic carbocycles. The van der Waals surface area contributed by atoms with E-state index in [1.807, 2.05) is 30.3 Å². The second-order valence-electron chi connectivity index (χ2n) is 9.19. The van der Waals surface area contributed by atoms with Crippen LogP contribution in [-0.4, -0.2) is 54.0 Å². The number of hydrogen-bond acceptors (Lipinski definition) is 3. The van der Waals surface area contributed by atoms with Crippen LogP contribution in [0.4, 0.5) is 0 Å². The molecule has 3 fully saturated rings. The number of nitrogens with zero attached hydrogens (tertiary/aromatic N) is 2. The summed E-state index contributed by atoms with van der Waals surface area (Å²) in [5.41, 5.74) is 1.35. The number of para-hydroxylation sites is 1. The molecule has 3 saturated heterocycles. The van der Waals surface area contributed by atoms with Crippen molar-refractivity contribution < 1.29 is 9.53 Å². The van der Waals surface area contributed by atoms with Gasteiger partial charge in [0.05, 0.1) is 0 Å². The smallest absolute Gasteiger partial charge is 0.223 e. The molecule has 4 heteroatoms. The van der Waals surface area contributed by atoms with E-state index in [9.17, 15) is 4.79 Å². The number of amides is 1. The fourth-order valence-corrected chi connectivity index (χ4v) is 5.98. The Bertz CT molecular complexity index is 841. The van der Waals surface area contributed by atoms with Gasteiger partial charge >= 0.3 is 0 Å². The highest BCUT2D eigenvalue weighted by Crippen LogP contribution is 2.42. The van der Waals surface area contributed by atoms with Crippen molar-refractivity contribution in [1.29, 1.82) is 0 Å². The highest BCUT2D eigenvalue weighted by Gasteiger charge is 2.49. The van der Waals surface area contributed by atoms with Gasteiger partial charge in [-0.2, -0.15) is 0 Å². The topological polar surface area (TPSA) is 32.8 Å². The van der Waals surface area contributed by atoms with E-state index in [0.29, 0.717) is 29.8 Å². The summed E-state index contributed by atoms with van der Waals surface area (Å²) in [6, 6.07) is 21.6. The monoisotopic (exact) mass is 404 g/mol. The average molecular weight is 405 g/mol. The van der Waals surface area contributed by atoms with E-state index in [-0.39, 0.29) is 0 Å². The van der Waals surface area contributed by atoms with Crippen molar-refractivity contribution >= 4 is 5.91 Å². The molecule has 0 saturated carbocycles. The Morgan fingerprint density at radius 2 is 1.67 bits per heavy atom. The maximum Gasteiger partial charge on any atom is 0.223 e. The molecular weight excluding hydrogens is 372 g/mol. The largest absolute Gasteiger partial charge is 0.492 e. The number of hydrogen-bond donors (Lipinski definition) is 0. The first-order valence-corrected chi connectivity index (χ1v) is 11.5. The van der Waals surface area contributed by atoms with Crippen LogP contribution in [0.5, 0.6) is 5.75 Å². The van der Waals surface area contributed by atoms with Crippen molar-refractivity contribution in [2.75, 3.05) is 26.2 Å². The van der Waals surface area contributed by atoms with E-state index >= 15 is 0 Å². The number of benzene rings is 2. The molecule has 30 heavy (non-hydrogen) atoms. The molecule has 0 spiro atoms. The lowest BCUT2D eigenvalue weighted by atomic mass is 9.71. The molecule has 0 unspecified atom stereocenters. The number of carbonyl (C=O) groups is 1. The molecule has 0 radical (unpaired) electrons. The molecular formula is C26H32N2O2. The average Bonchev–Trinajstić information content (AvgIpc) is 2.78. The van der Waals surface area contributed by atoms with Crippen LogP contribution < -0.4 is 4.74 Å². The van der Waals surface area contributed by atoms with Gasteiger partial charge in [0, 0.05) is 38.1 Å². The number of fused-ring (bicyclic) bond motifs is 4. The van der Waals surface area contributed by atoms with E-state index < -0.39 is 0 Å². The molecule has 3 heterocycles. The first-order valence-electron chi connectivity index (χ1n) is 11.5. The van der Waals surface area contributed by atoms with Crippen molar-refractivity contribution in [2.24, 2.45) is 11.8 Å². The first kappa shape index (κ1) is 19.6. The van der Waals surface area contributed by atoms with Crippen LogP contribution in [-0.2, 0) is 11.2 Å². The number of ether oxygens (including phenoxy) is 1. The molecule has 0 N–H and O–H groups in total. The zero-order chi connectivity index (χ0) is 20.3. The molecule has 3 aliphatic heterocycles. The molecule has 0 aromatic heterocycles. The second-order valence-corrected chi connectivity index (χ2v) is 9.19. The van der Waals surface area contributed by atoms with Gasteiger partial charge < -0.3 is 9.64 Å². The van der Waals surface area contributed by atoms with Gasteiger partial charge in [-0.15, -0.1) is 0 Å². The summed E-state index contributed by atoms with van der Waals surface area (Å²) in [4.78, 5) is 17.9. The van der Waals surface area contributed by atoms with Crippen molar-refractivity contribution in [3.05, 3.63) is 66.2 Å². The third-order valence-electron chi connectivity index (χ3n) is 7.28. The van der Waals surface area contributed by atoms with E-state index in [1.54, 1.807) is 0 Å². The van der Waals surface area contributed by atoms with Gasteiger partial charge in [0.15, 0.2) is 0 Å². The van der Waals surface area contributed by atoms with Crippen molar-refractivity contribution in [2.45, 2.75) is 44.2 Å². The fourth-order valence-electron chi connectivity index (χ4n) is 5.98. The Morgan fingerprint density at radius 3 is 2.47 bits per heavy atom. The molecule has 3 aliphatic rings. The van der Waals surface area contributed by atoms with Gasteiger partial charge in [0.1, 0.15) is 12.4 Å². The number of carbonyl (C=O) groups excluding carboxylic acids is 1. The Kier molecular flexibility index (Phi) is 5.76. The fraction of sp³-hybridized carbons (Fsp3) is 0.500. The molecule has 2 aromatic rings. The zero-order valence-electron chi connectivity index (χ0n) is 17.7. The maximum atomic E-state index is 13.0. The molecule has 0 aliphatic carbocycles. The second kappa shape index (κ2) is 8.81. The minimum Gasteiger partial charge on any atom is -0.492 e. The van der Waals surface area contributed by atoms with Gasteiger partial charge in [-0.1, -0.05) is 48.5 Å². The Hall–Kier alpha value is -2.33. The minimum atomic E-state index is 0.333. The number of likely N-dealkylation sites (tertiary alicyclic amines) is 1. The number of piperidine rings is 3. The molecule has 4 nitrogen and oxygen atoms in total. The van der Waals surface area contributed by atoms with Crippen LogP contribution in [0.3, 0.4) is 0 Å². The SMILES string of the molecule is O=C1CCC[C@H]2[C@@H]3C[C@@H](CN(CCOc4ccccc4)C3)[C@H](Cc3ccccc3)N12. The van der Waals surface area contributed by atoms with Crippen LogP contribution in [0.2, 0.25) is 0 Å². The number of rotatable bonds is 6. The van der Waals surface area contributed by atoms with Crippen LogP contribution in [0, 0.1) is 11.8 Å². The van der Waals surface area contributed by atoms with Crippen molar-refractivity contribution in [3.8, 4) is 5.75 Å². The van der Waals surface area contributed by atoms with E-state index in [0.717, 1.165) is 51.3 Å². The Balaban J connectivity index is 1.29. The van der Waals surface area contributed by atoms with Crippen LogP contribution >= 0.6 is 0 Å². The molecule has 4 atom stereocenters. The summed E-state index contributed by atoms with van der Waals surface area (Å²) >= 11 is 0. The molecule has 2 bridgehead atoms. The van der Waals surface area contributed by atoms with E-state index in [4.69, 9.17) is 4.74 Å². The van der Waals surface area contributed by atoms with Crippen LogP contribution in [0.1, 0.15) is 31.2 Å². The first-order chi connectivity index (χ1) is 14.8.